The largest absolute Gasteiger partial charge is 0.480 e. The molecule has 6 nitrogen and oxygen atoms in total. The summed E-state index contributed by atoms with van der Waals surface area (Å²) < 4.78 is 5.52. The number of rotatable bonds is 6. The average molecular weight is 394 g/mol. The first-order valence-corrected chi connectivity index (χ1v) is 10.1. The molecule has 1 atom stereocenters. The van der Waals surface area contributed by atoms with Crippen molar-refractivity contribution in [2.45, 2.75) is 31.2 Å². The molecule has 0 bridgehead atoms. The van der Waals surface area contributed by atoms with E-state index >= 15 is 0 Å². The molecule has 6 heteroatoms. The summed E-state index contributed by atoms with van der Waals surface area (Å²) in [6, 6.07) is 16.4. The number of nitrogens with zero attached hydrogens (tertiary/aromatic N) is 1. The molecular formula is C23H26N2O4. The van der Waals surface area contributed by atoms with Gasteiger partial charge in [-0.3, -0.25) is 9.69 Å². The molecule has 2 aliphatic rings. The minimum Gasteiger partial charge on any atom is -0.480 e. The van der Waals surface area contributed by atoms with Crippen LogP contribution in [0.2, 0.25) is 0 Å². The highest BCUT2D eigenvalue weighted by atomic mass is 16.5. The van der Waals surface area contributed by atoms with Gasteiger partial charge in [-0.2, -0.15) is 0 Å². The van der Waals surface area contributed by atoms with Crippen LogP contribution in [0.4, 0.5) is 4.79 Å². The number of aliphatic carboxylic acids is 1. The SMILES string of the molecule is CC1(C(=O)O)CCCN1CCNC(=O)OCC1c2ccccc2-c2ccccc21. The van der Waals surface area contributed by atoms with Crippen molar-refractivity contribution in [3.8, 4) is 11.1 Å². The monoisotopic (exact) mass is 394 g/mol. The smallest absolute Gasteiger partial charge is 0.407 e. The van der Waals surface area contributed by atoms with Crippen LogP contribution in [0.3, 0.4) is 0 Å². The molecule has 2 aromatic rings. The summed E-state index contributed by atoms with van der Waals surface area (Å²) in [7, 11) is 0. The first kappa shape index (κ1) is 19.5. The van der Waals surface area contributed by atoms with Gasteiger partial charge in [0, 0.05) is 19.0 Å². The second kappa shape index (κ2) is 7.87. The molecule has 1 aliphatic carbocycles. The van der Waals surface area contributed by atoms with E-state index in [2.05, 4.69) is 29.6 Å². The van der Waals surface area contributed by atoms with Gasteiger partial charge in [0.15, 0.2) is 0 Å². The lowest BCUT2D eigenvalue weighted by atomic mass is 9.98. The first-order chi connectivity index (χ1) is 14.0. The summed E-state index contributed by atoms with van der Waals surface area (Å²) in [4.78, 5) is 25.7. The van der Waals surface area contributed by atoms with Gasteiger partial charge in [-0.1, -0.05) is 48.5 Å². The van der Waals surface area contributed by atoms with Crippen molar-refractivity contribution in [1.29, 1.82) is 0 Å². The van der Waals surface area contributed by atoms with Crippen LogP contribution in [-0.4, -0.2) is 53.8 Å². The maximum absolute atomic E-state index is 12.2. The predicted octanol–water partition coefficient (Wildman–Crippen LogP) is 3.46. The number of fused-ring (bicyclic) bond motifs is 3. The number of alkyl carbamates (subject to hydrolysis) is 1. The Hall–Kier alpha value is -2.86. The molecule has 2 N–H and O–H groups in total. The summed E-state index contributed by atoms with van der Waals surface area (Å²) in [6.07, 6.45) is 1.02. The highest BCUT2D eigenvalue weighted by Crippen LogP contribution is 2.44. The Morgan fingerprint density at radius 2 is 1.76 bits per heavy atom. The Kier molecular flexibility index (Phi) is 5.28. The third kappa shape index (κ3) is 3.60. The second-order valence-electron chi connectivity index (χ2n) is 7.92. The fourth-order valence-corrected chi connectivity index (χ4v) is 4.56. The number of hydrogen-bond donors (Lipinski definition) is 2. The van der Waals surface area contributed by atoms with Crippen molar-refractivity contribution in [2.75, 3.05) is 26.2 Å². The molecule has 0 radical (unpaired) electrons. The van der Waals surface area contributed by atoms with Gasteiger partial charge in [0.25, 0.3) is 0 Å². The maximum atomic E-state index is 12.2. The van der Waals surface area contributed by atoms with E-state index in [1.807, 2.05) is 29.2 Å². The average Bonchev–Trinajstić information content (AvgIpc) is 3.26. The predicted molar refractivity (Wildman–Crippen MR) is 110 cm³/mol. The molecular weight excluding hydrogens is 368 g/mol. The number of nitrogens with one attached hydrogen (secondary N) is 1. The van der Waals surface area contributed by atoms with Crippen molar-refractivity contribution in [3.63, 3.8) is 0 Å². The van der Waals surface area contributed by atoms with E-state index < -0.39 is 17.6 Å². The van der Waals surface area contributed by atoms with E-state index in [1.165, 1.54) is 22.3 Å². The quantitative estimate of drug-likeness (QED) is 0.784. The molecule has 2 aromatic carbocycles. The van der Waals surface area contributed by atoms with E-state index in [0.29, 0.717) is 19.5 Å². The summed E-state index contributed by atoms with van der Waals surface area (Å²) in [5.41, 5.74) is 3.90. The molecule has 0 saturated carbocycles. The summed E-state index contributed by atoms with van der Waals surface area (Å²) >= 11 is 0. The summed E-state index contributed by atoms with van der Waals surface area (Å²) in [5.74, 6) is -0.779. The van der Waals surface area contributed by atoms with E-state index in [4.69, 9.17) is 4.74 Å². The summed E-state index contributed by atoms with van der Waals surface area (Å²) in [5, 5.41) is 12.2. The van der Waals surface area contributed by atoms with Gasteiger partial charge in [0.1, 0.15) is 12.1 Å². The highest BCUT2D eigenvalue weighted by Gasteiger charge is 2.42. The number of likely N-dealkylation sites (tertiary alicyclic amines) is 1. The Morgan fingerprint density at radius 1 is 1.14 bits per heavy atom. The van der Waals surface area contributed by atoms with Gasteiger partial charge in [0.05, 0.1) is 0 Å². The van der Waals surface area contributed by atoms with Crippen LogP contribution in [0.15, 0.2) is 48.5 Å². The Morgan fingerprint density at radius 3 is 2.38 bits per heavy atom. The van der Waals surface area contributed by atoms with Gasteiger partial charge < -0.3 is 15.2 Å². The first-order valence-electron chi connectivity index (χ1n) is 10.1. The minimum atomic E-state index is -0.844. The number of carboxylic acid groups (broad SMARTS) is 1. The van der Waals surface area contributed by atoms with Crippen LogP contribution >= 0.6 is 0 Å². The van der Waals surface area contributed by atoms with Crippen LogP contribution in [0.5, 0.6) is 0 Å². The molecule has 152 valence electrons. The molecule has 1 saturated heterocycles. The van der Waals surface area contributed by atoms with E-state index in [0.717, 1.165) is 13.0 Å². The van der Waals surface area contributed by atoms with Crippen molar-refractivity contribution >= 4 is 12.1 Å². The van der Waals surface area contributed by atoms with Crippen molar-refractivity contribution < 1.29 is 19.4 Å². The third-order valence-corrected chi connectivity index (χ3v) is 6.25. The fraction of sp³-hybridized carbons (Fsp3) is 0.391. The number of hydrogen-bond acceptors (Lipinski definition) is 4. The normalized spacial score (nSPS) is 20.9. The van der Waals surface area contributed by atoms with Gasteiger partial charge in [-0.25, -0.2) is 4.79 Å². The zero-order chi connectivity index (χ0) is 20.4. The van der Waals surface area contributed by atoms with E-state index in [9.17, 15) is 14.7 Å². The molecule has 1 unspecified atom stereocenters. The molecule has 1 heterocycles. The highest BCUT2D eigenvalue weighted by molar-refractivity contribution is 5.79. The van der Waals surface area contributed by atoms with Gasteiger partial charge >= 0.3 is 12.1 Å². The number of carboxylic acids is 1. The lowest BCUT2D eigenvalue weighted by Gasteiger charge is -2.31. The van der Waals surface area contributed by atoms with Crippen LogP contribution in [0.1, 0.15) is 36.8 Å². The van der Waals surface area contributed by atoms with Gasteiger partial charge in [-0.05, 0) is 48.6 Å². The van der Waals surface area contributed by atoms with Crippen molar-refractivity contribution in [1.82, 2.24) is 10.2 Å². The Balaban J connectivity index is 1.32. The van der Waals surface area contributed by atoms with E-state index in [-0.39, 0.29) is 12.5 Å². The number of carbonyl (C=O) groups excluding carboxylic acids is 1. The number of benzene rings is 2. The van der Waals surface area contributed by atoms with Crippen molar-refractivity contribution in [3.05, 3.63) is 59.7 Å². The molecule has 0 aromatic heterocycles. The zero-order valence-corrected chi connectivity index (χ0v) is 16.6. The molecule has 0 spiro atoms. The number of amides is 1. The van der Waals surface area contributed by atoms with Gasteiger partial charge in [-0.15, -0.1) is 0 Å². The second-order valence-corrected chi connectivity index (χ2v) is 7.92. The Labute approximate surface area is 170 Å². The maximum Gasteiger partial charge on any atom is 0.407 e. The summed E-state index contributed by atoms with van der Waals surface area (Å²) in [6.45, 7) is 3.60. The lowest BCUT2D eigenvalue weighted by Crippen LogP contribution is -2.50. The van der Waals surface area contributed by atoms with Crippen LogP contribution in [0, 0.1) is 0 Å². The lowest BCUT2D eigenvalue weighted by molar-refractivity contribution is -0.148. The fourth-order valence-electron chi connectivity index (χ4n) is 4.56. The van der Waals surface area contributed by atoms with Gasteiger partial charge in [0.2, 0.25) is 0 Å². The van der Waals surface area contributed by atoms with Crippen LogP contribution in [-0.2, 0) is 9.53 Å². The van der Waals surface area contributed by atoms with Crippen molar-refractivity contribution in [2.24, 2.45) is 0 Å². The number of carbonyl (C=O) groups is 2. The molecule has 4 rings (SSSR count). The standard InChI is InChI=1S/C23H26N2O4/c1-23(21(26)27)11-6-13-25(23)14-12-24-22(28)29-15-20-18-9-4-2-7-16(18)17-8-3-5-10-19(17)20/h2-5,7-10,20H,6,11-15H2,1H3,(H,24,28)(H,26,27). The van der Waals surface area contributed by atoms with Crippen LogP contribution in [0.25, 0.3) is 11.1 Å². The molecule has 1 fully saturated rings. The van der Waals surface area contributed by atoms with E-state index in [1.54, 1.807) is 6.92 Å². The molecule has 1 amide bonds. The van der Waals surface area contributed by atoms with Crippen LogP contribution < -0.4 is 5.32 Å². The minimum absolute atomic E-state index is 0.0297. The third-order valence-electron chi connectivity index (χ3n) is 6.25. The Bertz CT molecular complexity index is 883. The topological polar surface area (TPSA) is 78.9 Å². The zero-order valence-electron chi connectivity index (χ0n) is 16.6. The number of ether oxygens (including phenoxy) is 1. The molecule has 29 heavy (non-hydrogen) atoms. The molecule has 1 aliphatic heterocycles.